The first-order valence-corrected chi connectivity index (χ1v) is 6.22. The number of nitrogens with two attached hydrogens (primary N) is 1. The van der Waals surface area contributed by atoms with Gasteiger partial charge in [0.05, 0.1) is 5.69 Å². The van der Waals surface area contributed by atoms with Crippen molar-refractivity contribution < 1.29 is 13.2 Å². The number of nitrogens with one attached hydrogen (secondary N) is 2. The number of halogens is 3. The van der Waals surface area contributed by atoms with Crippen molar-refractivity contribution in [2.45, 2.75) is 20.3 Å². The molecule has 1 aromatic carbocycles. The first-order chi connectivity index (χ1) is 9.96. The Morgan fingerprint density at radius 3 is 2.29 bits per heavy atom. The van der Waals surface area contributed by atoms with Gasteiger partial charge in [0.1, 0.15) is 23.3 Å². The largest absolute Gasteiger partial charge is 0.337 e. The van der Waals surface area contributed by atoms with Gasteiger partial charge >= 0.3 is 0 Å². The Balaban J connectivity index is 2.46. The Morgan fingerprint density at radius 2 is 1.67 bits per heavy atom. The van der Waals surface area contributed by atoms with E-state index in [1.807, 2.05) is 6.92 Å². The highest BCUT2D eigenvalue weighted by atomic mass is 19.2. The number of aromatic nitrogens is 2. The summed E-state index contributed by atoms with van der Waals surface area (Å²) in [6.45, 7) is 3.50. The number of aryl methyl sites for hydroxylation is 1. The Bertz CT molecular complexity index is 675. The van der Waals surface area contributed by atoms with Gasteiger partial charge in [-0.15, -0.1) is 0 Å². The van der Waals surface area contributed by atoms with Crippen molar-refractivity contribution >= 4 is 17.3 Å². The molecule has 1 heterocycles. The van der Waals surface area contributed by atoms with Crippen molar-refractivity contribution in [3.05, 3.63) is 41.0 Å². The standard InChI is InChI=1S/C13H14F3N5/c1-3-11-19-12(6(2)13(20-11)21-17)18-10-5-8(15)7(14)4-9(10)16/h4-5H,3,17H2,1-2H3,(H2,18,19,20,21). The molecule has 0 atom stereocenters. The summed E-state index contributed by atoms with van der Waals surface area (Å²) in [6, 6.07) is 1.20. The van der Waals surface area contributed by atoms with Crippen molar-refractivity contribution in [1.82, 2.24) is 9.97 Å². The minimum absolute atomic E-state index is 0.222. The van der Waals surface area contributed by atoms with Gasteiger partial charge in [0, 0.05) is 24.1 Å². The van der Waals surface area contributed by atoms with Gasteiger partial charge < -0.3 is 10.7 Å². The second-order valence-corrected chi connectivity index (χ2v) is 4.33. The second kappa shape index (κ2) is 5.96. The molecule has 0 saturated heterocycles. The molecule has 0 amide bonds. The third kappa shape index (κ3) is 3.05. The quantitative estimate of drug-likeness (QED) is 0.459. The molecular weight excluding hydrogens is 283 g/mol. The molecule has 0 fully saturated rings. The highest BCUT2D eigenvalue weighted by molar-refractivity contribution is 5.65. The van der Waals surface area contributed by atoms with Gasteiger partial charge in [-0.05, 0) is 6.92 Å². The highest BCUT2D eigenvalue weighted by Gasteiger charge is 2.14. The fraction of sp³-hybridized carbons (Fsp3) is 0.231. The van der Waals surface area contributed by atoms with Crippen LogP contribution in [0, 0.1) is 24.4 Å². The van der Waals surface area contributed by atoms with E-state index >= 15 is 0 Å². The minimum atomic E-state index is -1.25. The van der Waals surface area contributed by atoms with Crippen molar-refractivity contribution in [3.63, 3.8) is 0 Å². The molecule has 0 radical (unpaired) electrons. The summed E-state index contributed by atoms with van der Waals surface area (Å²) in [5, 5.41) is 2.63. The zero-order valence-corrected chi connectivity index (χ0v) is 11.5. The van der Waals surface area contributed by atoms with E-state index < -0.39 is 17.5 Å². The third-order valence-electron chi connectivity index (χ3n) is 2.91. The molecular formula is C13H14F3N5. The third-order valence-corrected chi connectivity index (χ3v) is 2.91. The van der Waals surface area contributed by atoms with Crippen LogP contribution in [0.15, 0.2) is 12.1 Å². The lowest BCUT2D eigenvalue weighted by Crippen LogP contribution is -2.14. The predicted molar refractivity (Wildman–Crippen MR) is 73.6 cm³/mol. The van der Waals surface area contributed by atoms with Crippen LogP contribution in [-0.4, -0.2) is 9.97 Å². The van der Waals surface area contributed by atoms with E-state index in [0.29, 0.717) is 29.7 Å². The maximum absolute atomic E-state index is 13.7. The van der Waals surface area contributed by atoms with Crippen LogP contribution in [0.4, 0.5) is 30.5 Å². The monoisotopic (exact) mass is 297 g/mol. The lowest BCUT2D eigenvalue weighted by atomic mass is 10.2. The number of anilines is 3. The van der Waals surface area contributed by atoms with Crippen LogP contribution in [0.2, 0.25) is 0 Å². The van der Waals surface area contributed by atoms with Gasteiger partial charge in [0.15, 0.2) is 11.6 Å². The fourth-order valence-electron chi connectivity index (χ4n) is 1.73. The van der Waals surface area contributed by atoms with Crippen molar-refractivity contribution in [2.24, 2.45) is 5.84 Å². The molecule has 8 heteroatoms. The molecule has 0 saturated carbocycles. The molecule has 0 spiro atoms. The van der Waals surface area contributed by atoms with Crippen LogP contribution < -0.4 is 16.6 Å². The molecule has 1 aromatic heterocycles. The van der Waals surface area contributed by atoms with Gasteiger partial charge in [0.25, 0.3) is 0 Å². The average Bonchev–Trinajstić information content (AvgIpc) is 2.46. The normalized spacial score (nSPS) is 10.6. The summed E-state index contributed by atoms with van der Waals surface area (Å²) in [6.07, 6.45) is 0.532. The highest BCUT2D eigenvalue weighted by Crippen LogP contribution is 2.26. The fourth-order valence-corrected chi connectivity index (χ4v) is 1.73. The Morgan fingerprint density at radius 1 is 1.05 bits per heavy atom. The minimum Gasteiger partial charge on any atom is -0.337 e. The molecule has 4 N–H and O–H groups in total. The van der Waals surface area contributed by atoms with E-state index in [9.17, 15) is 13.2 Å². The van der Waals surface area contributed by atoms with Crippen LogP contribution in [0.3, 0.4) is 0 Å². The second-order valence-electron chi connectivity index (χ2n) is 4.33. The number of nitrogen functional groups attached to an aromatic ring is 1. The molecule has 0 aliphatic carbocycles. The van der Waals surface area contributed by atoms with Crippen molar-refractivity contribution in [1.29, 1.82) is 0 Å². The predicted octanol–water partition coefficient (Wildman–Crippen LogP) is 2.79. The molecule has 21 heavy (non-hydrogen) atoms. The number of hydrogen-bond acceptors (Lipinski definition) is 5. The van der Waals surface area contributed by atoms with E-state index in [4.69, 9.17) is 5.84 Å². The first-order valence-electron chi connectivity index (χ1n) is 6.22. The summed E-state index contributed by atoms with van der Waals surface area (Å²) in [5.74, 6) is 3.13. The van der Waals surface area contributed by atoms with Gasteiger partial charge in [-0.1, -0.05) is 6.92 Å². The molecule has 5 nitrogen and oxygen atoms in total. The molecule has 0 bridgehead atoms. The van der Waals surface area contributed by atoms with E-state index in [1.165, 1.54) is 0 Å². The van der Waals surface area contributed by atoms with E-state index in [0.717, 1.165) is 6.07 Å². The number of hydrogen-bond donors (Lipinski definition) is 3. The van der Waals surface area contributed by atoms with Gasteiger partial charge in [-0.2, -0.15) is 0 Å². The maximum Gasteiger partial charge on any atom is 0.161 e. The zero-order valence-electron chi connectivity index (χ0n) is 11.5. The topological polar surface area (TPSA) is 75.9 Å². The molecule has 2 aromatic rings. The van der Waals surface area contributed by atoms with Crippen molar-refractivity contribution in [2.75, 3.05) is 10.7 Å². The summed E-state index contributed by atoms with van der Waals surface area (Å²) in [4.78, 5) is 8.34. The molecule has 2 rings (SSSR count). The smallest absolute Gasteiger partial charge is 0.161 e. The van der Waals surface area contributed by atoms with E-state index in [1.54, 1.807) is 6.92 Å². The number of nitrogens with zero attached hydrogens (tertiary/aromatic N) is 2. The van der Waals surface area contributed by atoms with Crippen LogP contribution in [0.25, 0.3) is 0 Å². The lowest BCUT2D eigenvalue weighted by molar-refractivity contribution is 0.496. The summed E-state index contributed by atoms with van der Waals surface area (Å²) in [7, 11) is 0. The van der Waals surface area contributed by atoms with E-state index in [2.05, 4.69) is 20.7 Å². The molecule has 112 valence electrons. The Labute approximate surface area is 119 Å². The number of rotatable bonds is 4. The molecule has 0 aliphatic heterocycles. The van der Waals surface area contributed by atoms with Crippen LogP contribution in [0.5, 0.6) is 0 Å². The number of hydrazine groups is 1. The van der Waals surface area contributed by atoms with Gasteiger partial charge in [-0.3, -0.25) is 0 Å². The summed E-state index contributed by atoms with van der Waals surface area (Å²) in [5.41, 5.74) is 2.72. The lowest BCUT2D eigenvalue weighted by Gasteiger charge is -2.13. The zero-order chi connectivity index (χ0) is 15.6. The van der Waals surface area contributed by atoms with Crippen LogP contribution >= 0.6 is 0 Å². The van der Waals surface area contributed by atoms with Crippen LogP contribution in [-0.2, 0) is 6.42 Å². The SMILES string of the molecule is CCc1nc(NN)c(C)c(Nc2cc(F)c(F)cc2F)n1. The summed E-state index contributed by atoms with van der Waals surface area (Å²) < 4.78 is 39.8. The Hall–Kier alpha value is -2.35. The van der Waals surface area contributed by atoms with Gasteiger partial charge in [0.2, 0.25) is 0 Å². The van der Waals surface area contributed by atoms with Crippen molar-refractivity contribution in [3.8, 4) is 0 Å². The average molecular weight is 297 g/mol. The van der Waals surface area contributed by atoms with E-state index in [-0.39, 0.29) is 11.5 Å². The molecule has 0 aliphatic rings. The molecule has 0 unspecified atom stereocenters. The summed E-state index contributed by atoms with van der Waals surface area (Å²) >= 11 is 0. The first kappa shape index (κ1) is 15.0. The van der Waals surface area contributed by atoms with Crippen LogP contribution in [0.1, 0.15) is 18.3 Å². The maximum atomic E-state index is 13.7. The number of benzene rings is 1. The van der Waals surface area contributed by atoms with Gasteiger partial charge in [-0.25, -0.2) is 29.0 Å². The Kier molecular flexibility index (Phi) is 4.27.